The van der Waals surface area contributed by atoms with Crippen LogP contribution in [0.5, 0.6) is 0 Å². The predicted molar refractivity (Wildman–Crippen MR) is 140 cm³/mol. The first-order valence-electron chi connectivity index (χ1n) is 11.4. The number of aromatic nitrogens is 2. The van der Waals surface area contributed by atoms with Gasteiger partial charge in [0.1, 0.15) is 0 Å². The molecule has 31 heavy (non-hydrogen) atoms. The van der Waals surface area contributed by atoms with Crippen LogP contribution in [0.4, 0.5) is 0 Å². The molecular formula is C27H38N2P2. The van der Waals surface area contributed by atoms with Crippen molar-refractivity contribution in [3.63, 3.8) is 0 Å². The van der Waals surface area contributed by atoms with Gasteiger partial charge in [0.25, 0.3) is 0 Å². The zero-order valence-electron chi connectivity index (χ0n) is 20.0. The Balaban J connectivity index is 2.06. The molecule has 0 radical (unpaired) electrons. The first-order chi connectivity index (χ1) is 14.7. The Morgan fingerprint density at radius 3 is 1.81 bits per heavy atom. The molecule has 0 spiro atoms. The van der Waals surface area contributed by atoms with Gasteiger partial charge in [-0.3, -0.25) is 9.97 Å². The Kier molecular flexibility index (Phi) is 7.55. The molecule has 0 N–H and O–H groups in total. The highest BCUT2D eigenvalue weighted by Crippen LogP contribution is 2.64. The molecule has 0 fully saturated rings. The van der Waals surface area contributed by atoms with Crippen LogP contribution in [0.15, 0.2) is 72.6 Å². The average Bonchev–Trinajstić information content (AvgIpc) is 3.27. The van der Waals surface area contributed by atoms with E-state index in [0.717, 1.165) is 11.4 Å². The highest BCUT2D eigenvalue weighted by Gasteiger charge is 2.44. The molecule has 0 saturated heterocycles. The van der Waals surface area contributed by atoms with E-state index in [2.05, 4.69) is 93.3 Å². The van der Waals surface area contributed by atoms with Crippen LogP contribution in [0.2, 0.25) is 0 Å². The van der Waals surface area contributed by atoms with E-state index >= 15 is 0 Å². The van der Waals surface area contributed by atoms with Crippen molar-refractivity contribution >= 4 is 17.2 Å². The molecular weight excluding hydrogens is 414 g/mol. The summed E-state index contributed by atoms with van der Waals surface area (Å²) in [6.45, 7) is 14.6. The van der Waals surface area contributed by atoms with Gasteiger partial charge in [-0.1, -0.05) is 79.8 Å². The van der Waals surface area contributed by atoms with E-state index in [1.165, 1.54) is 24.6 Å². The lowest BCUT2D eigenvalue weighted by atomic mass is 9.84. The number of nitrogens with zero attached hydrogens (tertiary/aromatic N) is 2. The SMILES string of the molecule is CCC(C)(C)P(CC1C=CC=C1C(P)(c1ccccn1)c1ccccn1)C(C)(C)CC. The molecule has 2 aromatic heterocycles. The summed E-state index contributed by atoms with van der Waals surface area (Å²) < 4.78 is 0. The molecule has 0 bridgehead atoms. The minimum absolute atomic E-state index is 0.212. The van der Waals surface area contributed by atoms with Crippen molar-refractivity contribution < 1.29 is 0 Å². The van der Waals surface area contributed by atoms with Crippen LogP contribution in [0, 0.1) is 5.92 Å². The molecule has 2 heterocycles. The molecule has 1 aliphatic rings. The van der Waals surface area contributed by atoms with Crippen LogP contribution in [0.25, 0.3) is 0 Å². The second-order valence-electron chi connectivity index (χ2n) is 9.79. The largest absolute Gasteiger partial charge is 0.260 e. The third kappa shape index (κ3) is 4.86. The smallest absolute Gasteiger partial charge is 0.0902 e. The molecule has 2 atom stereocenters. The van der Waals surface area contributed by atoms with E-state index in [4.69, 9.17) is 9.97 Å². The van der Waals surface area contributed by atoms with Crippen LogP contribution in [0.3, 0.4) is 0 Å². The summed E-state index contributed by atoms with van der Waals surface area (Å²) in [7, 11) is 2.92. The van der Waals surface area contributed by atoms with Crippen LogP contribution < -0.4 is 0 Å². The Bertz CT molecular complexity index is 861. The monoisotopic (exact) mass is 452 g/mol. The van der Waals surface area contributed by atoms with Crippen molar-refractivity contribution in [3.05, 3.63) is 84.0 Å². The second-order valence-corrected chi connectivity index (χ2v) is 14.3. The molecule has 0 aromatic carbocycles. The van der Waals surface area contributed by atoms with Crippen LogP contribution >= 0.6 is 17.2 Å². The number of pyridine rings is 2. The fourth-order valence-corrected chi connectivity index (χ4v) is 9.37. The van der Waals surface area contributed by atoms with E-state index in [1.807, 2.05) is 24.5 Å². The maximum atomic E-state index is 4.79. The molecule has 0 saturated carbocycles. The predicted octanol–water partition coefficient (Wildman–Crippen LogP) is 7.57. The van der Waals surface area contributed by atoms with Crippen molar-refractivity contribution in [3.8, 4) is 0 Å². The molecule has 166 valence electrons. The van der Waals surface area contributed by atoms with Gasteiger partial charge in [-0.2, -0.15) is 0 Å². The van der Waals surface area contributed by atoms with Gasteiger partial charge in [0, 0.05) is 18.3 Å². The third-order valence-corrected chi connectivity index (χ3v) is 12.4. The molecule has 0 amide bonds. The van der Waals surface area contributed by atoms with Crippen molar-refractivity contribution in [2.75, 3.05) is 6.16 Å². The standard InChI is InChI=1S/C27H38N2P2/c1-7-25(3,4)31(26(5,6)8-2)20-21-14-13-15-22(21)27(30,23-16-9-11-18-28-23)24-17-10-12-19-29-24/h9-19,21H,7-8,20,30H2,1-6H3. The maximum Gasteiger partial charge on any atom is 0.0902 e. The van der Waals surface area contributed by atoms with Gasteiger partial charge in [-0.15, -0.1) is 9.24 Å². The van der Waals surface area contributed by atoms with E-state index in [1.54, 1.807) is 0 Å². The second kappa shape index (κ2) is 9.64. The summed E-state index contributed by atoms with van der Waals surface area (Å²) in [5.74, 6) is 0.393. The van der Waals surface area contributed by atoms with Gasteiger partial charge in [-0.25, -0.2) is 0 Å². The van der Waals surface area contributed by atoms with E-state index in [-0.39, 0.29) is 7.92 Å². The third-order valence-electron chi connectivity index (χ3n) is 7.18. The Labute approximate surface area is 193 Å². The molecule has 2 unspecified atom stereocenters. The highest BCUT2D eigenvalue weighted by atomic mass is 31.1. The molecule has 1 aliphatic carbocycles. The Morgan fingerprint density at radius 1 is 0.871 bits per heavy atom. The normalized spacial score (nSPS) is 17.3. The van der Waals surface area contributed by atoms with Crippen molar-refractivity contribution in [2.45, 2.75) is 69.9 Å². The van der Waals surface area contributed by atoms with E-state index < -0.39 is 5.16 Å². The lowest BCUT2D eigenvalue weighted by Gasteiger charge is -2.47. The molecule has 2 aromatic rings. The van der Waals surface area contributed by atoms with Gasteiger partial charge >= 0.3 is 0 Å². The minimum Gasteiger partial charge on any atom is -0.260 e. The van der Waals surface area contributed by atoms with Crippen molar-refractivity contribution in [2.24, 2.45) is 5.92 Å². The number of allylic oxidation sites excluding steroid dienone is 4. The number of hydrogen-bond acceptors (Lipinski definition) is 2. The average molecular weight is 453 g/mol. The summed E-state index contributed by atoms with van der Waals surface area (Å²) in [6, 6.07) is 12.4. The summed E-state index contributed by atoms with van der Waals surface area (Å²) in [6.07, 6.45) is 14.4. The summed E-state index contributed by atoms with van der Waals surface area (Å²) in [4.78, 5) is 9.58. The van der Waals surface area contributed by atoms with Gasteiger partial charge in [0.15, 0.2) is 0 Å². The number of hydrogen-bond donors (Lipinski definition) is 0. The van der Waals surface area contributed by atoms with Gasteiger partial charge in [-0.05, 0) is 59.2 Å². The summed E-state index contributed by atoms with van der Waals surface area (Å²) in [5, 5.41) is 0.260. The van der Waals surface area contributed by atoms with Gasteiger partial charge < -0.3 is 0 Å². The van der Waals surface area contributed by atoms with Gasteiger partial charge in [0.05, 0.1) is 16.5 Å². The van der Waals surface area contributed by atoms with Crippen molar-refractivity contribution in [1.82, 2.24) is 9.97 Å². The topological polar surface area (TPSA) is 25.8 Å². The lowest BCUT2D eigenvalue weighted by molar-refractivity contribution is 0.593. The zero-order valence-corrected chi connectivity index (χ0v) is 22.0. The summed E-state index contributed by atoms with van der Waals surface area (Å²) >= 11 is 0. The van der Waals surface area contributed by atoms with Gasteiger partial charge in [0.2, 0.25) is 0 Å². The van der Waals surface area contributed by atoms with Crippen molar-refractivity contribution in [1.29, 1.82) is 0 Å². The van der Waals surface area contributed by atoms with E-state index in [9.17, 15) is 0 Å². The lowest BCUT2D eigenvalue weighted by Crippen LogP contribution is -2.34. The zero-order chi connectivity index (χ0) is 22.7. The summed E-state index contributed by atoms with van der Waals surface area (Å²) in [5.41, 5.74) is 3.46. The first kappa shape index (κ1) is 24.3. The van der Waals surface area contributed by atoms with Crippen LogP contribution in [0.1, 0.15) is 65.8 Å². The Hall–Kier alpha value is -1.36. The molecule has 4 heteroatoms. The quantitative estimate of drug-likeness (QED) is 0.367. The Morgan fingerprint density at radius 2 is 1.39 bits per heavy atom. The molecule has 2 nitrogen and oxygen atoms in total. The highest BCUT2D eigenvalue weighted by molar-refractivity contribution is 7.60. The maximum absolute atomic E-state index is 4.79. The van der Waals surface area contributed by atoms with Crippen LogP contribution in [-0.4, -0.2) is 26.4 Å². The molecule has 0 aliphatic heterocycles. The van der Waals surface area contributed by atoms with Crippen LogP contribution in [-0.2, 0) is 5.16 Å². The fourth-order valence-electron chi connectivity index (χ4n) is 4.61. The first-order valence-corrected chi connectivity index (χ1v) is 13.6. The molecule has 3 rings (SSSR count). The fraction of sp³-hybridized carbons (Fsp3) is 0.481. The number of rotatable bonds is 9. The van der Waals surface area contributed by atoms with E-state index in [0.29, 0.717) is 16.2 Å². The minimum atomic E-state index is -0.426.